The number of aliphatic imine (C=N–C) groups is 1. The van der Waals surface area contributed by atoms with Crippen LogP contribution < -0.4 is 76.1 Å². The molecule has 137 heavy (non-hydrogen) atoms. The molecule has 0 bridgehead atoms. The number of phenols is 1. The number of hydrogen-bond donors (Lipinski definition) is 18. The number of aromatic hydroxyl groups is 1. The molecule has 0 aliphatic carbocycles. The van der Waals surface area contributed by atoms with Gasteiger partial charge in [-0.3, -0.25) is 91.3 Å². The van der Waals surface area contributed by atoms with E-state index in [1.807, 2.05) is 13.8 Å². The number of phenolic OH excluding ortho intramolecular Hbond substituents is 1. The average Bonchev–Trinajstić information content (AvgIpc) is 1.64. The van der Waals surface area contributed by atoms with Crippen molar-refractivity contribution in [1.82, 2.24) is 87.2 Å². The molecule has 0 spiro atoms. The zero-order chi connectivity index (χ0) is 100. The molecular weight excluding hydrogens is 1790 g/mol. The van der Waals surface area contributed by atoms with Crippen molar-refractivity contribution >= 4 is 146 Å². The number of nitrogens with two attached hydrogens (primary N) is 4. The summed E-state index contributed by atoms with van der Waals surface area (Å²) in [7, 11) is 3.88. The number of aromatic nitrogens is 2. The number of carbonyl (C=O) groups excluding carboxylic acids is 17. The molecule has 744 valence electrons. The van der Waals surface area contributed by atoms with Gasteiger partial charge in [0.2, 0.25) is 100 Å². The molecule has 4 aliphatic rings. The van der Waals surface area contributed by atoms with Crippen LogP contribution in [0.3, 0.4) is 0 Å². The number of hydrogen-bond acceptors (Lipinski definition) is 24. The van der Waals surface area contributed by atoms with Crippen LogP contribution in [-0.4, -0.2) is 318 Å². The third-order valence-corrected chi connectivity index (χ3v) is 25.8. The molecule has 9 rings (SSSR count). The summed E-state index contributed by atoms with van der Waals surface area (Å²) < 4.78 is 1.44. The molecule has 3 fully saturated rings. The normalized spacial score (nSPS) is 25.0. The lowest BCUT2D eigenvalue weighted by atomic mass is 9.99. The molecule has 6 heterocycles. The minimum atomic E-state index is -1.77. The summed E-state index contributed by atoms with van der Waals surface area (Å²) in [5.41, 5.74) is 26.4. The summed E-state index contributed by atoms with van der Waals surface area (Å²) in [4.78, 5) is 276. The Hall–Kier alpha value is -13.4. The number of nitrogens with zero attached hydrogens (tertiary/aromatic N) is 7. The molecular formula is C93H130N22O21S. The van der Waals surface area contributed by atoms with E-state index in [2.05, 4.69) is 63.1 Å². The van der Waals surface area contributed by atoms with Crippen molar-refractivity contribution in [3.05, 3.63) is 114 Å². The molecule has 0 saturated carbocycles. The minimum Gasteiger partial charge on any atom is -0.508 e. The number of aliphatic hydroxyl groups excluding tert-OH is 1. The quantitative estimate of drug-likeness (QED) is 0.0267. The summed E-state index contributed by atoms with van der Waals surface area (Å²) in [5, 5.41) is 59.7. The number of fused-ring (bicyclic) bond motifs is 4. The number of carboxylic acid groups (broad SMARTS) is 1. The van der Waals surface area contributed by atoms with Crippen LogP contribution in [0.4, 0.5) is 0 Å². The van der Waals surface area contributed by atoms with E-state index in [9.17, 15) is 63.3 Å². The number of benzene rings is 3. The van der Waals surface area contributed by atoms with Gasteiger partial charge in [-0.2, -0.15) is 0 Å². The highest BCUT2D eigenvalue weighted by atomic mass is 32.2. The molecule has 43 nitrogen and oxygen atoms in total. The number of H-pyrrole nitrogens is 1. The van der Waals surface area contributed by atoms with Gasteiger partial charge in [0.1, 0.15) is 96.9 Å². The Morgan fingerprint density at radius 1 is 0.569 bits per heavy atom. The van der Waals surface area contributed by atoms with Crippen LogP contribution >= 0.6 is 11.8 Å². The lowest BCUT2D eigenvalue weighted by Gasteiger charge is -2.36. The topological polar surface area (TPSA) is 642 Å². The van der Waals surface area contributed by atoms with Crippen LogP contribution in [0.1, 0.15) is 148 Å². The van der Waals surface area contributed by atoms with Crippen molar-refractivity contribution in [2.75, 3.05) is 65.4 Å². The Balaban J connectivity index is 1.11. The van der Waals surface area contributed by atoms with Crippen molar-refractivity contribution in [2.24, 2.45) is 33.8 Å². The minimum absolute atomic E-state index is 0.00472. The van der Waals surface area contributed by atoms with Crippen molar-refractivity contribution < 1.29 is 102 Å². The molecule has 0 unspecified atom stereocenters. The van der Waals surface area contributed by atoms with E-state index in [0.717, 1.165) is 36.3 Å². The molecule has 17 amide bonds. The molecule has 0 radical (unpaired) electrons. The highest BCUT2D eigenvalue weighted by Crippen LogP contribution is 2.30. The summed E-state index contributed by atoms with van der Waals surface area (Å²) in [6, 6.07) is -2.25. The van der Waals surface area contributed by atoms with Gasteiger partial charge in [0.25, 0.3) is 0 Å². The van der Waals surface area contributed by atoms with Crippen LogP contribution in [0.25, 0.3) is 21.8 Å². The van der Waals surface area contributed by atoms with Gasteiger partial charge < -0.3 is 125 Å². The van der Waals surface area contributed by atoms with Gasteiger partial charge in [-0.1, -0.05) is 102 Å². The fourth-order valence-electron chi connectivity index (χ4n) is 17.3. The SMILES string of the molecule is CCCC[C@H]1C(=O)N(C)[C@@H](CCCC)C(=O)N[C@@H](CCN)C(=O)N[C@H](C(=O)NCC(N)=O)CSCC(=O)N[C@@H](Cc2ccc(O)cc2)C(=O)N(C)[C@@H](C)C(=O)N[C@@H](CC(N)=O)C(=O)N2CCC[C@H]2C(=O)N[C@@H](CC2=CN=CC2)C(=O)N[C@@H](CC(C)C)C(=O)N2C[C@H](O)C[C@H]2C(=O)N[C@@H](Cc2c[nH]c3ccccc23)C(=O)N[C@@H](CCN)C(=O)N[C@@H](Cc2cn(CC(=O)O)c3ccccc23)C(=O)N1C. The van der Waals surface area contributed by atoms with Crippen LogP contribution in [-0.2, 0) is 112 Å². The van der Waals surface area contributed by atoms with E-state index >= 15 is 38.4 Å². The average molecular weight is 1920 g/mol. The van der Waals surface area contributed by atoms with E-state index < -0.39 is 235 Å². The maximum atomic E-state index is 16.0. The molecule has 2 aromatic heterocycles. The Labute approximate surface area is 797 Å². The van der Waals surface area contributed by atoms with Crippen molar-refractivity contribution in [3.63, 3.8) is 0 Å². The number of aliphatic hydroxyl groups is 1. The lowest BCUT2D eigenvalue weighted by molar-refractivity contribution is -0.149. The number of likely N-dealkylation sites (N-methyl/N-ethyl adjacent to an activating group) is 3. The lowest BCUT2D eigenvalue weighted by Crippen LogP contribution is -2.61. The second-order valence-electron chi connectivity index (χ2n) is 35.5. The highest BCUT2D eigenvalue weighted by Gasteiger charge is 2.47. The first-order valence-electron chi connectivity index (χ1n) is 46.2. The number of nitrogens with one attached hydrogen (secondary N) is 11. The van der Waals surface area contributed by atoms with Gasteiger partial charge in [-0.05, 0) is 124 Å². The Morgan fingerprint density at radius 3 is 1.75 bits per heavy atom. The second-order valence-corrected chi connectivity index (χ2v) is 36.6. The summed E-state index contributed by atoms with van der Waals surface area (Å²) >= 11 is 0.764. The number of primary amides is 2. The molecule has 3 aromatic carbocycles. The fraction of sp³-hybridized carbons (Fsp3) is 0.538. The molecule has 3 saturated heterocycles. The van der Waals surface area contributed by atoms with Gasteiger partial charge in [0.05, 0.1) is 24.8 Å². The second kappa shape index (κ2) is 51.0. The van der Waals surface area contributed by atoms with Crippen molar-refractivity contribution in [3.8, 4) is 5.75 Å². The van der Waals surface area contributed by atoms with Crippen LogP contribution in [0.2, 0.25) is 0 Å². The van der Waals surface area contributed by atoms with Gasteiger partial charge in [0.15, 0.2) is 0 Å². The first kappa shape index (κ1) is 107. The van der Waals surface area contributed by atoms with Gasteiger partial charge in [-0.15, -0.1) is 11.8 Å². The van der Waals surface area contributed by atoms with Crippen LogP contribution in [0.5, 0.6) is 5.75 Å². The summed E-state index contributed by atoms with van der Waals surface area (Å²) in [6.07, 6.45) is 3.77. The third kappa shape index (κ3) is 29.6. The number of rotatable bonds is 27. The fourth-order valence-corrected chi connectivity index (χ4v) is 18.1. The number of unbranched alkanes of at least 4 members (excludes halogenated alkanes) is 2. The number of carboxylic acids is 1. The van der Waals surface area contributed by atoms with E-state index in [0.29, 0.717) is 69.8 Å². The highest BCUT2D eigenvalue weighted by molar-refractivity contribution is 8.00. The maximum absolute atomic E-state index is 16.0. The van der Waals surface area contributed by atoms with Gasteiger partial charge in [0, 0.05) is 119 Å². The zero-order valence-electron chi connectivity index (χ0n) is 78.4. The Morgan fingerprint density at radius 2 is 1.12 bits per heavy atom. The largest absolute Gasteiger partial charge is 0.508 e. The number of para-hydroxylation sites is 2. The Kier molecular flexibility index (Phi) is 39.9. The standard InChI is InChI=1S/C93H130N22O21S/c1-9-11-21-72-86(129)103-63(30-33-95)83(126)109-70(81(124)100-45-77(97)119)49-137-50-78(120)101-67(37-53-25-27-57(116)28-26-53)89(132)110(6)52(5)80(123)106-69(42-76(96)118)91(134)114-35-17-24-73(114)87(130)104-64(38-54-31-34-98-43-54)84(127)107-66(36-51(3)4)92(135)115-47-58(117)41-75(115)88(131)105-65(39-55-44-99-61-20-15-13-18-59(55)61)85(128)102-62(29-32-94)82(125)108-68(90(133)112(8)74(22-12-10-2)93(136)111(72)7)40-56-46-113(48-79(121)122)71-23-16-14-19-60(56)71/h13-16,18-20,23,25-28,34,43-44,46,51-52,58,62-70,72-75,99,116-117H,9-12,17,21-22,24,29-33,35-42,45,47-50,94-95H2,1-8H3,(H2,96,118)(H2,97,119)(H,100,124)(H,101,120)(H,102,128)(H,103,129)(H,104,130)(H,105,131)(H,106,123)(H,107,127)(H,108,125)(H,109,126)(H,121,122)/t52-,58+,62-,63-,64-,65-,66-,67-,68-,69-,70-,72-,73-,74-,75-/m0/s1. The smallest absolute Gasteiger partial charge is 0.323 e. The number of thioether (sulfide) groups is 1. The monoisotopic (exact) mass is 1920 g/mol. The molecule has 22 N–H and O–H groups in total. The number of carbonyl (C=O) groups is 18. The number of aliphatic carboxylic acids is 1. The zero-order valence-corrected chi connectivity index (χ0v) is 79.2. The van der Waals surface area contributed by atoms with Gasteiger partial charge >= 0.3 is 5.97 Å². The van der Waals surface area contributed by atoms with Crippen molar-refractivity contribution in [1.29, 1.82) is 0 Å². The van der Waals surface area contributed by atoms with E-state index in [-0.39, 0.29) is 115 Å². The van der Waals surface area contributed by atoms with E-state index in [1.54, 1.807) is 74.8 Å². The van der Waals surface area contributed by atoms with Crippen LogP contribution in [0.15, 0.2) is 102 Å². The Bertz CT molecular complexity index is 5280. The maximum Gasteiger partial charge on any atom is 0.323 e. The third-order valence-electron chi connectivity index (χ3n) is 24.8. The van der Waals surface area contributed by atoms with E-state index in [4.69, 9.17) is 22.9 Å². The van der Waals surface area contributed by atoms with E-state index in [1.165, 1.54) is 69.3 Å². The summed E-state index contributed by atoms with van der Waals surface area (Å²) in [6.45, 7) is 6.11. The predicted octanol–water partition coefficient (Wildman–Crippen LogP) is -2.15. The number of aromatic amines is 1. The first-order valence-corrected chi connectivity index (χ1v) is 47.3. The molecule has 5 aromatic rings. The number of amides is 17. The molecule has 44 heteroatoms. The first-order chi connectivity index (χ1) is 65.2. The van der Waals surface area contributed by atoms with Crippen molar-refractivity contribution in [2.45, 2.75) is 247 Å². The molecule has 15 atom stereocenters. The van der Waals surface area contributed by atoms with Crippen LogP contribution in [0, 0.1) is 5.92 Å². The predicted molar refractivity (Wildman–Crippen MR) is 506 cm³/mol. The molecule has 4 aliphatic heterocycles. The van der Waals surface area contributed by atoms with Gasteiger partial charge in [-0.25, -0.2) is 0 Å². The summed E-state index contributed by atoms with van der Waals surface area (Å²) in [5.74, 6) is -18.5.